The van der Waals surface area contributed by atoms with Gasteiger partial charge >= 0.3 is 5.97 Å². The zero-order valence-electron chi connectivity index (χ0n) is 8.78. The molecule has 80 valence electrons. The van der Waals surface area contributed by atoms with Crippen molar-refractivity contribution in [1.29, 1.82) is 0 Å². The molecule has 3 nitrogen and oxygen atoms in total. The Balaban J connectivity index is 1.74. The summed E-state index contributed by atoms with van der Waals surface area (Å²) in [5.74, 6) is 0.593. The van der Waals surface area contributed by atoms with Gasteiger partial charge in [-0.3, -0.25) is 9.69 Å². The molecule has 1 N–H and O–H groups in total. The van der Waals surface area contributed by atoms with Crippen molar-refractivity contribution in [2.45, 2.75) is 38.6 Å². The molecule has 0 radical (unpaired) electrons. The van der Waals surface area contributed by atoms with E-state index in [0.717, 1.165) is 25.0 Å². The predicted octanol–water partition coefficient (Wildman–Crippen LogP) is 1.58. The maximum Gasteiger partial charge on any atom is 0.303 e. The molecule has 2 aliphatic rings. The number of nitrogens with zero attached hydrogens (tertiary/aromatic N) is 1. The van der Waals surface area contributed by atoms with Crippen molar-refractivity contribution < 1.29 is 9.90 Å². The fourth-order valence-electron chi connectivity index (χ4n) is 2.92. The first-order valence-corrected chi connectivity index (χ1v) is 5.62. The van der Waals surface area contributed by atoms with E-state index in [9.17, 15) is 4.79 Å². The summed E-state index contributed by atoms with van der Waals surface area (Å²) in [7, 11) is 0. The van der Waals surface area contributed by atoms with E-state index in [-0.39, 0.29) is 0 Å². The lowest BCUT2D eigenvalue weighted by atomic mass is 9.91. The molecule has 2 unspecified atom stereocenters. The summed E-state index contributed by atoms with van der Waals surface area (Å²) >= 11 is 0. The molecule has 0 aromatic rings. The third-order valence-electron chi connectivity index (χ3n) is 3.73. The average Bonchev–Trinajstić information content (AvgIpc) is 2.42. The predicted molar refractivity (Wildman–Crippen MR) is 54.1 cm³/mol. The maximum atomic E-state index is 10.5. The molecule has 14 heavy (non-hydrogen) atoms. The van der Waals surface area contributed by atoms with Gasteiger partial charge < -0.3 is 5.11 Å². The van der Waals surface area contributed by atoms with Crippen LogP contribution < -0.4 is 0 Å². The van der Waals surface area contributed by atoms with Gasteiger partial charge in [0, 0.05) is 19.1 Å². The lowest BCUT2D eigenvalue weighted by Gasteiger charge is -2.44. The second-order valence-corrected chi connectivity index (χ2v) is 4.89. The van der Waals surface area contributed by atoms with Gasteiger partial charge in [0.2, 0.25) is 0 Å². The first-order chi connectivity index (χ1) is 6.66. The second kappa shape index (κ2) is 3.89. The highest BCUT2D eigenvalue weighted by Crippen LogP contribution is 2.34. The Bertz CT molecular complexity index is 223. The highest BCUT2D eigenvalue weighted by Gasteiger charge is 2.37. The minimum atomic E-state index is -0.644. The molecule has 0 amide bonds. The largest absolute Gasteiger partial charge is 0.481 e. The molecule has 2 fully saturated rings. The molecule has 3 heteroatoms. The van der Waals surface area contributed by atoms with E-state index in [4.69, 9.17) is 5.11 Å². The summed E-state index contributed by atoms with van der Waals surface area (Å²) in [6.07, 6.45) is 4.38. The third kappa shape index (κ3) is 1.92. The fraction of sp³-hybridized carbons (Fsp3) is 0.909. The smallest absolute Gasteiger partial charge is 0.303 e. The number of rotatable bonds is 3. The van der Waals surface area contributed by atoms with Crippen molar-refractivity contribution in [3.8, 4) is 0 Å². The van der Waals surface area contributed by atoms with Gasteiger partial charge in [-0.15, -0.1) is 0 Å². The van der Waals surface area contributed by atoms with E-state index in [1.165, 1.54) is 19.3 Å². The summed E-state index contributed by atoms with van der Waals surface area (Å²) < 4.78 is 0. The lowest BCUT2D eigenvalue weighted by Crippen LogP contribution is -2.53. The van der Waals surface area contributed by atoms with Crippen LogP contribution in [0.5, 0.6) is 0 Å². The highest BCUT2D eigenvalue weighted by atomic mass is 16.4. The Hall–Kier alpha value is -0.570. The summed E-state index contributed by atoms with van der Waals surface area (Å²) in [5.41, 5.74) is 0. The van der Waals surface area contributed by atoms with Gasteiger partial charge in [-0.05, 0) is 24.7 Å². The molecule has 0 spiro atoms. The van der Waals surface area contributed by atoms with Crippen LogP contribution in [-0.4, -0.2) is 35.1 Å². The van der Waals surface area contributed by atoms with Crippen molar-refractivity contribution in [1.82, 2.24) is 4.90 Å². The number of likely N-dealkylation sites (tertiary alicyclic amines) is 1. The SMILES string of the molecule is CC1CCCC1N1CC(CC(=O)O)C1. The molecule has 1 aliphatic carbocycles. The van der Waals surface area contributed by atoms with E-state index in [2.05, 4.69) is 11.8 Å². The van der Waals surface area contributed by atoms with Gasteiger partial charge in [-0.25, -0.2) is 0 Å². The minimum absolute atomic E-state index is 0.359. The zero-order chi connectivity index (χ0) is 10.1. The Labute approximate surface area is 85.1 Å². The van der Waals surface area contributed by atoms with Crippen molar-refractivity contribution >= 4 is 5.97 Å². The normalized spacial score (nSPS) is 34.4. The quantitative estimate of drug-likeness (QED) is 0.746. The highest BCUT2D eigenvalue weighted by molar-refractivity contribution is 5.67. The van der Waals surface area contributed by atoms with Crippen LogP contribution in [0.3, 0.4) is 0 Å². The van der Waals surface area contributed by atoms with Gasteiger partial charge in [0.1, 0.15) is 0 Å². The molecule has 1 heterocycles. The Kier molecular flexibility index (Phi) is 2.77. The van der Waals surface area contributed by atoms with Crippen LogP contribution in [-0.2, 0) is 4.79 Å². The van der Waals surface area contributed by atoms with Crippen molar-refractivity contribution in [2.75, 3.05) is 13.1 Å². The zero-order valence-corrected chi connectivity index (χ0v) is 8.78. The molecule has 1 saturated carbocycles. The van der Waals surface area contributed by atoms with Crippen LogP contribution in [0.4, 0.5) is 0 Å². The third-order valence-corrected chi connectivity index (χ3v) is 3.73. The summed E-state index contributed by atoms with van der Waals surface area (Å²) in [4.78, 5) is 13.0. The van der Waals surface area contributed by atoms with Crippen molar-refractivity contribution in [3.63, 3.8) is 0 Å². The van der Waals surface area contributed by atoms with Crippen LogP contribution in [0, 0.1) is 11.8 Å². The lowest BCUT2D eigenvalue weighted by molar-refractivity contribution is -0.140. The molecule has 0 bridgehead atoms. The molecule has 1 saturated heterocycles. The van der Waals surface area contributed by atoms with Gasteiger partial charge in [0.05, 0.1) is 6.42 Å². The van der Waals surface area contributed by atoms with Crippen LogP contribution in [0.2, 0.25) is 0 Å². The molecule has 2 rings (SSSR count). The summed E-state index contributed by atoms with van der Waals surface area (Å²) in [5, 5.41) is 8.63. The number of carbonyl (C=O) groups is 1. The topological polar surface area (TPSA) is 40.5 Å². The van der Waals surface area contributed by atoms with Crippen LogP contribution >= 0.6 is 0 Å². The monoisotopic (exact) mass is 197 g/mol. The molecule has 2 atom stereocenters. The number of aliphatic carboxylic acids is 1. The molecule has 1 aliphatic heterocycles. The molecule has 0 aromatic carbocycles. The van der Waals surface area contributed by atoms with E-state index in [1.54, 1.807) is 0 Å². The fourth-order valence-corrected chi connectivity index (χ4v) is 2.92. The first-order valence-electron chi connectivity index (χ1n) is 5.62. The van der Waals surface area contributed by atoms with Crippen LogP contribution in [0.25, 0.3) is 0 Å². The molecule has 0 aromatic heterocycles. The Morgan fingerprint density at radius 2 is 2.14 bits per heavy atom. The number of hydrogen-bond donors (Lipinski definition) is 1. The van der Waals surface area contributed by atoms with E-state index in [1.807, 2.05) is 0 Å². The summed E-state index contributed by atoms with van der Waals surface area (Å²) in [6.45, 7) is 4.35. The van der Waals surface area contributed by atoms with Crippen LogP contribution in [0.15, 0.2) is 0 Å². The van der Waals surface area contributed by atoms with E-state index in [0.29, 0.717) is 12.3 Å². The maximum absolute atomic E-state index is 10.5. The average molecular weight is 197 g/mol. The number of carboxylic acids is 1. The van der Waals surface area contributed by atoms with Gasteiger partial charge in [-0.2, -0.15) is 0 Å². The van der Waals surface area contributed by atoms with Gasteiger partial charge in [0.25, 0.3) is 0 Å². The molecular weight excluding hydrogens is 178 g/mol. The summed E-state index contributed by atoms with van der Waals surface area (Å²) in [6, 6.07) is 0.750. The van der Waals surface area contributed by atoms with Gasteiger partial charge in [0.15, 0.2) is 0 Å². The van der Waals surface area contributed by atoms with Crippen LogP contribution in [0.1, 0.15) is 32.6 Å². The Morgan fingerprint density at radius 1 is 1.43 bits per heavy atom. The van der Waals surface area contributed by atoms with Crippen molar-refractivity contribution in [3.05, 3.63) is 0 Å². The van der Waals surface area contributed by atoms with E-state index < -0.39 is 5.97 Å². The standard InChI is InChI=1S/C11H19NO2/c1-8-3-2-4-10(8)12-6-9(7-12)5-11(13)14/h8-10H,2-7H2,1H3,(H,13,14). The number of hydrogen-bond acceptors (Lipinski definition) is 2. The van der Waals surface area contributed by atoms with Gasteiger partial charge in [-0.1, -0.05) is 13.3 Å². The number of carboxylic acid groups (broad SMARTS) is 1. The van der Waals surface area contributed by atoms with E-state index >= 15 is 0 Å². The minimum Gasteiger partial charge on any atom is -0.481 e. The Morgan fingerprint density at radius 3 is 2.64 bits per heavy atom. The van der Waals surface area contributed by atoms with Crippen molar-refractivity contribution in [2.24, 2.45) is 11.8 Å². The first kappa shape index (κ1) is 9.97. The second-order valence-electron chi connectivity index (χ2n) is 4.89. The molecular formula is C11H19NO2.